The molecule has 2 rings (SSSR count). The van der Waals surface area contributed by atoms with Crippen LogP contribution < -0.4 is 0 Å². The summed E-state index contributed by atoms with van der Waals surface area (Å²) in [7, 11) is 1.38. The van der Waals surface area contributed by atoms with Crippen LogP contribution in [0.2, 0.25) is 0 Å². The highest BCUT2D eigenvalue weighted by Gasteiger charge is 2.27. The highest BCUT2D eigenvalue weighted by Crippen LogP contribution is 2.22. The molecule has 1 saturated heterocycles. The summed E-state index contributed by atoms with van der Waals surface area (Å²) in [5.41, 5.74) is 0. The van der Waals surface area contributed by atoms with Crippen molar-refractivity contribution in [1.29, 1.82) is 0 Å². The van der Waals surface area contributed by atoms with E-state index in [0.29, 0.717) is 23.8 Å². The summed E-state index contributed by atoms with van der Waals surface area (Å²) in [4.78, 5) is 27.2. The summed E-state index contributed by atoms with van der Waals surface area (Å²) in [5, 5.41) is 0. The normalized spacial score (nSPS) is 17.9. The molecular weight excluding hydrogens is 370 g/mol. The predicted molar refractivity (Wildman–Crippen MR) is 115 cm³/mol. The molecule has 1 aliphatic heterocycles. The zero-order valence-electron chi connectivity index (χ0n) is 16.9. The first kappa shape index (κ1) is 22.0. The van der Waals surface area contributed by atoms with E-state index in [0.717, 1.165) is 30.6 Å². The number of carbonyl (C=O) groups is 2. The Labute approximate surface area is 172 Å². The van der Waals surface area contributed by atoms with E-state index in [-0.39, 0.29) is 17.9 Å². The fourth-order valence-electron chi connectivity index (χ4n) is 3.05. The fraction of sp³-hybridized carbons (Fsp3) is 0.478. The lowest BCUT2D eigenvalue weighted by atomic mass is 10.0. The third-order valence-electron chi connectivity index (χ3n) is 4.62. The van der Waals surface area contributed by atoms with Crippen LogP contribution in [0, 0.1) is 17.8 Å². The molecule has 0 radical (unpaired) electrons. The molecule has 1 aliphatic rings. The minimum absolute atomic E-state index is 0.167. The van der Waals surface area contributed by atoms with Gasteiger partial charge in [-0.3, -0.25) is 4.79 Å². The first-order chi connectivity index (χ1) is 13.5. The molecule has 0 spiro atoms. The molecule has 0 N–H and O–H groups in total. The van der Waals surface area contributed by atoms with Crippen molar-refractivity contribution < 1.29 is 14.3 Å². The molecule has 0 aliphatic carbocycles. The summed E-state index contributed by atoms with van der Waals surface area (Å²) in [5.74, 6) is 6.72. The fourth-order valence-corrected chi connectivity index (χ4v) is 3.91. The second kappa shape index (κ2) is 11.5. The Kier molecular flexibility index (Phi) is 9.03. The Morgan fingerprint density at radius 1 is 1.39 bits per heavy atom. The van der Waals surface area contributed by atoms with Crippen molar-refractivity contribution in [3.8, 4) is 11.8 Å². The van der Waals surface area contributed by atoms with Crippen molar-refractivity contribution in [3.05, 3.63) is 40.1 Å². The molecular formula is C23H29NO3S. The Bertz CT molecular complexity index is 781. The first-order valence-corrected chi connectivity index (χ1v) is 10.6. The Morgan fingerprint density at radius 2 is 2.21 bits per heavy atom. The molecule has 2 atom stereocenters. The van der Waals surface area contributed by atoms with E-state index in [9.17, 15) is 9.59 Å². The molecule has 2 unspecified atom stereocenters. The number of rotatable bonds is 8. The lowest BCUT2D eigenvalue weighted by molar-refractivity contribution is -0.127. The summed E-state index contributed by atoms with van der Waals surface area (Å²) in [6.45, 7) is 4.85. The van der Waals surface area contributed by atoms with Gasteiger partial charge in [-0.2, -0.15) is 0 Å². The third kappa shape index (κ3) is 6.69. The van der Waals surface area contributed by atoms with Gasteiger partial charge in [-0.05, 0) is 37.0 Å². The largest absolute Gasteiger partial charge is 0.465 e. The molecule has 150 valence electrons. The minimum Gasteiger partial charge on any atom is -0.465 e. The van der Waals surface area contributed by atoms with Crippen molar-refractivity contribution in [2.24, 2.45) is 5.92 Å². The summed E-state index contributed by atoms with van der Waals surface area (Å²) >= 11 is 1.38. The molecule has 1 aromatic heterocycles. The van der Waals surface area contributed by atoms with Gasteiger partial charge in [-0.1, -0.05) is 32.1 Å². The maximum absolute atomic E-state index is 12.2. The SMILES string of the molecule is CCC#CCC(C)C/C=C/C1CCC(=O)N1C/C=C\c1ccc(C(=O)OC)s1. The van der Waals surface area contributed by atoms with Gasteiger partial charge in [0.1, 0.15) is 4.88 Å². The minimum atomic E-state index is -0.320. The van der Waals surface area contributed by atoms with Crippen LogP contribution in [0.15, 0.2) is 30.4 Å². The van der Waals surface area contributed by atoms with Gasteiger partial charge < -0.3 is 9.64 Å². The highest BCUT2D eigenvalue weighted by molar-refractivity contribution is 7.14. The smallest absolute Gasteiger partial charge is 0.348 e. The maximum Gasteiger partial charge on any atom is 0.348 e. The second-order valence-electron chi connectivity index (χ2n) is 6.93. The molecule has 4 nitrogen and oxygen atoms in total. The second-order valence-corrected chi connectivity index (χ2v) is 8.04. The zero-order valence-corrected chi connectivity index (χ0v) is 17.8. The molecule has 0 bridgehead atoms. The van der Waals surface area contributed by atoms with Crippen LogP contribution in [0.5, 0.6) is 0 Å². The van der Waals surface area contributed by atoms with Gasteiger partial charge in [-0.25, -0.2) is 4.79 Å². The number of thiophene rings is 1. The van der Waals surface area contributed by atoms with Gasteiger partial charge in [0.25, 0.3) is 0 Å². The molecule has 1 fully saturated rings. The van der Waals surface area contributed by atoms with Crippen LogP contribution >= 0.6 is 11.3 Å². The number of nitrogens with zero attached hydrogens (tertiary/aromatic N) is 1. The Balaban J connectivity index is 1.87. The van der Waals surface area contributed by atoms with E-state index in [2.05, 4.69) is 37.8 Å². The first-order valence-electron chi connectivity index (χ1n) is 9.81. The van der Waals surface area contributed by atoms with Gasteiger partial charge in [0.15, 0.2) is 0 Å². The number of esters is 1. The lowest BCUT2D eigenvalue weighted by Gasteiger charge is -2.20. The number of carbonyl (C=O) groups excluding carboxylic acids is 2. The lowest BCUT2D eigenvalue weighted by Crippen LogP contribution is -2.31. The Hall–Kier alpha value is -2.32. The van der Waals surface area contributed by atoms with Crippen LogP contribution in [0.25, 0.3) is 6.08 Å². The number of hydrogen-bond acceptors (Lipinski definition) is 4. The average Bonchev–Trinajstić information content (AvgIpc) is 3.29. The molecule has 0 saturated carbocycles. The van der Waals surface area contributed by atoms with Crippen LogP contribution in [-0.2, 0) is 9.53 Å². The van der Waals surface area contributed by atoms with Crippen molar-refractivity contribution in [3.63, 3.8) is 0 Å². The predicted octanol–water partition coefficient (Wildman–Crippen LogP) is 4.92. The summed E-state index contributed by atoms with van der Waals surface area (Å²) in [6.07, 6.45) is 12.6. The summed E-state index contributed by atoms with van der Waals surface area (Å²) in [6, 6.07) is 3.81. The van der Waals surface area contributed by atoms with Crippen LogP contribution in [0.4, 0.5) is 0 Å². The summed E-state index contributed by atoms with van der Waals surface area (Å²) < 4.78 is 4.72. The standard InChI is InChI=1S/C23H29NO3S/c1-4-5-6-9-18(2)10-7-11-19-13-16-22(25)24(19)17-8-12-20-14-15-21(28-20)23(26)27-3/h7-8,11-12,14-15,18-19H,4,9-10,13,16-17H2,1-3H3/b11-7+,12-8-. The van der Waals surface area contributed by atoms with E-state index in [4.69, 9.17) is 4.74 Å². The number of amides is 1. The van der Waals surface area contributed by atoms with Gasteiger partial charge in [0.05, 0.1) is 13.2 Å². The average molecular weight is 400 g/mol. The van der Waals surface area contributed by atoms with Crippen molar-refractivity contribution >= 4 is 29.3 Å². The zero-order chi connectivity index (χ0) is 20.4. The van der Waals surface area contributed by atoms with Crippen molar-refractivity contribution in [1.82, 2.24) is 4.90 Å². The quantitative estimate of drug-likeness (QED) is 0.354. The molecule has 5 heteroatoms. The van der Waals surface area contributed by atoms with Crippen LogP contribution in [0.1, 0.15) is 60.5 Å². The molecule has 0 aromatic carbocycles. The molecule has 1 amide bonds. The van der Waals surface area contributed by atoms with Crippen LogP contribution in [-0.4, -0.2) is 36.5 Å². The number of ether oxygens (including phenoxy) is 1. The van der Waals surface area contributed by atoms with Crippen molar-refractivity contribution in [2.75, 3.05) is 13.7 Å². The van der Waals surface area contributed by atoms with E-state index in [1.807, 2.05) is 23.1 Å². The Morgan fingerprint density at radius 3 is 2.96 bits per heavy atom. The van der Waals surface area contributed by atoms with Gasteiger partial charge >= 0.3 is 5.97 Å². The topological polar surface area (TPSA) is 46.6 Å². The van der Waals surface area contributed by atoms with Gasteiger partial charge in [0, 0.05) is 30.7 Å². The van der Waals surface area contributed by atoms with Gasteiger partial charge in [0.2, 0.25) is 5.91 Å². The molecule has 1 aromatic rings. The van der Waals surface area contributed by atoms with E-state index < -0.39 is 0 Å². The number of allylic oxidation sites excluding steroid dienone is 1. The van der Waals surface area contributed by atoms with E-state index in [1.54, 1.807) is 6.07 Å². The number of likely N-dealkylation sites (tertiary alicyclic amines) is 1. The third-order valence-corrected chi connectivity index (χ3v) is 5.65. The van der Waals surface area contributed by atoms with Gasteiger partial charge in [-0.15, -0.1) is 23.2 Å². The van der Waals surface area contributed by atoms with Crippen LogP contribution in [0.3, 0.4) is 0 Å². The van der Waals surface area contributed by atoms with Crippen molar-refractivity contribution in [2.45, 2.75) is 52.0 Å². The monoisotopic (exact) mass is 399 g/mol. The maximum atomic E-state index is 12.2. The van der Waals surface area contributed by atoms with E-state index in [1.165, 1.54) is 18.4 Å². The molecule has 2 heterocycles. The number of methoxy groups -OCH3 is 1. The van der Waals surface area contributed by atoms with E-state index >= 15 is 0 Å². The molecule has 28 heavy (non-hydrogen) atoms. The highest BCUT2D eigenvalue weighted by atomic mass is 32.1. The number of hydrogen-bond donors (Lipinski definition) is 0.